The maximum Gasteiger partial charge on any atom is 0.232 e. The molecule has 2 atom stereocenters. The molecular formula is C24H35N7S. The molecule has 1 aromatic carbocycles. The first kappa shape index (κ1) is 22.6. The van der Waals surface area contributed by atoms with E-state index >= 15 is 0 Å². The van der Waals surface area contributed by atoms with E-state index in [1.807, 2.05) is 6.92 Å². The van der Waals surface area contributed by atoms with Crippen molar-refractivity contribution in [2.45, 2.75) is 27.2 Å². The van der Waals surface area contributed by atoms with Gasteiger partial charge in [-0.25, -0.2) is 0 Å². The number of anilines is 4. The molecule has 7 nitrogen and oxygen atoms in total. The fourth-order valence-corrected chi connectivity index (χ4v) is 5.03. The van der Waals surface area contributed by atoms with Crippen LogP contribution in [0.15, 0.2) is 36.4 Å². The number of hydrogen-bond acceptors (Lipinski definition) is 6. The Kier molecular flexibility index (Phi) is 7.29. The predicted molar refractivity (Wildman–Crippen MR) is 138 cm³/mol. The van der Waals surface area contributed by atoms with Gasteiger partial charge in [0.05, 0.1) is 0 Å². The summed E-state index contributed by atoms with van der Waals surface area (Å²) in [6.45, 7) is 13.3. The molecule has 172 valence electrons. The Balaban J connectivity index is 1.54. The third-order valence-corrected chi connectivity index (χ3v) is 6.43. The molecule has 2 fully saturated rings. The van der Waals surface area contributed by atoms with Crippen LogP contribution in [0.2, 0.25) is 0 Å². The standard InChI is InChI=1S/C24H35N7S/c1-4-25-24(32)28-23-26-21(15-22(27-23)31-16-18(2)14-19(3)17-31)30-12-10-29(11-13-30)20-8-6-5-7-9-20/h5-9,15,18-19H,4,10-14,16-17H2,1-3H3,(H2,25,26,27,28,32). The number of piperidine rings is 1. The predicted octanol–water partition coefficient (Wildman–Crippen LogP) is 3.59. The molecule has 1 aromatic heterocycles. The van der Waals surface area contributed by atoms with E-state index in [0.29, 0.717) is 22.9 Å². The fraction of sp³-hybridized carbons (Fsp3) is 0.542. The average molecular weight is 454 g/mol. The maximum atomic E-state index is 5.41. The van der Waals surface area contributed by atoms with E-state index in [0.717, 1.165) is 57.4 Å². The average Bonchev–Trinajstić information content (AvgIpc) is 2.79. The number of hydrogen-bond donors (Lipinski definition) is 2. The Hall–Kier alpha value is -2.61. The molecule has 2 aromatic rings. The van der Waals surface area contributed by atoms with Gasteiger partial charge in [-0.15, -0.1) is 0 Å². The Morgan fingerprint density at radius 2 is 1.53 bits per heavy atom. The van der Waals surface area contributed by atoms with Crippen LogP contribution < -0.4 is 25.3 Å². The summed E-state index contributed by atoms with van der Waals surface area (Å²) in [5.41, 5.74) is 1.28. The van der Waals surface area contributed by atoms with E-state index in [-0.39, 0.29) is 0 Å². The maximum absolute atomic E-state index is 5.41. The van der Waals surface area contributed by atoms with Gasteiger partial charge in [-0.3, -0.25) is 0 Å². The van der Waals surface area contributed by atoms with Gasteiger partial charge in [0, 0.05) is 57.6 Å². The molecule has 0 amide bonds. The number of aromatic nitrogens is 2. The molecule has 2 N–H and O–H groups in total. The minimum absolute atomic E-state index is 0.560. The van der Waals surface area contributed by atoms with Gasteiger partial charge in [-0.1, -0.05) is 32.0 Å². The molecule has 0 bridgehead atoms. The van der Waals surface area contributed by atoms with Crippen molar-refractivity contribution in [2.75, 3.05) is 65.8 Å². The Labute approximate surface area is 197 Å². The SMILES string of the molecule is CCNC(=S)Nc1nc(N2CCN(c3ccccc3)CC2)cc(N2CC(C)CC(C)C2)n1. The smallest absolute Gasteiger partial charge is 0.232 e. The highest BCUT2D eigenvalue weighted by Crippen LogP contribution is 2.29. The lowest BCUT2D eigenvalue weighted by atomic mass is 9.92. The second-order valence-electron chi connectivity index (χ2n) is 9.05. The monoisotopic (exact) mass is 453 g/mol. The van der Waals surface area contributed by atoms with Crippen LogP contribution in [0.5, 0.6) is 0 Å². The van der Waals surface area contributed by atoms with Gasteiger partial charge in [-0.2, -0.15) is 9.97 Å². The van der Waals surface area contributed by atoms with Gasteiger partial charge >= 0.3 is 0 Å². The summed E-state index contributed by atoms with van der Waals surface area (Å²) in [6.07, 6.45) is 1.27. The van der Waals surface area contributed by atoms with Crippen molar-refractivity contribution in [3.8, 4) is 0 Å². The first-order chi connectivity index (χ1) is 15.5. The molecule has 2 saturated heterocycles. The Morgan fingerprint density at radius 3 is 2.16 bits per heavy atom. The van der Waals surface area contributed by atoms with Gasteiger partial charge in [0.2, 0.25) is 5.95 Å². The zero-order chi connectivity index (χ0) is 22.5. The highest BCUT2D eigenvalue weighted by molar-refractivity contribution is 7.80. The first-order valence-electron chi connectivity index (χ1n) is 11.8. The van der Waals surface area contributed by atoms with Crippen molar-refractivity contribution in [3.63, 3.8) is 0 Å². The molecule has 2 aliphatic heterocycles. The lowest BCUT2D eigenvalue weighted by molar-refractivity contribution is 0.355. The van der Waals surface area contributed by atoms with Crippen LogP contribution in [-0.2, 0) is 0 Å². The topological polar surface area (TPSA) is 59.6 Å². The van der Waals surface area contributed by atoms with E-state index < -0.39 is 0 Å². The summed E-state index contributed by atoms with van der Waals surface area (Å²) >= 11 is 5.41. The highest BCUT2D eigenvalue weighted by atomic mass is 32.1. The van der Waals surface area contributed by atoms with E-state index in [2.05, 4.69) is 75.6 Å². The Morgan fingerprint density at radius 1 is 0.938 bits per heavy atom. The normalized spacial score (nSPS) is 21.4. The molecular weight excluding hydrogens is 418 g/mol. The number of benzene rings is 1. The third-order valence-electron chi connectivity index (χ3n) is 6.18. The summed E-state index contributed by atoms with van der Waals surface area (Å²) in [5, 5.41) is 6.89. The summed E-state index contributed by atoms with van der Waals surface area (Å²) < 4.78 is 0. The van der Waals surface area contributed by atoms with Crippen molar-refractivity contribution in [2.24, 2.45) is 11.8 Å². The number of rotatable bonds is 5. The molecule has 4 rings (SSSR count). The van der Waals surface area contributed by atoms with Crippen LogP contribution in [0.3, 0.4) is 0 Å². The summed E-state index contributed by atoms with van der Waals surface area (Å²) in [6, 6.07) is 12.8. The van der Waals surface area contributed by atoms with Gasteiger partial charge < -0.3 is 25.3 Å². The molecule has 8 heteroatoms. The largest absolute Gasteiger partial charge is 0.368 e. The second-order valence-corrected chi connectivity index (χ2v) is 9.46. The minimum Gasteiger partial charge on any atom is -0.368 e. The third kappa shape index (κ3) is 5.59. The summed E-state index contributed by atoms with van der Waals surface area (Å²) in [4.78, 5) is 16.9. The van der Waals surface area contributed by atoms with E-state index in [4.69, 9.17) is 22.2 Å². The van der Waals surface area contributed by atoms with Crippen molar-refractivity contribution < 1.29 is 0 Å². The van der Waals surface area contributed by atoms with Gasteiger partial charge in [0.15, 0.2) is 5.11 Å². The van der Waals surface area contributed by atoms with Crippen molar-refractivity contribution in [1.82, 2.24) is 15.3 Å². The van der Waals surface area contributed by atoms with Crippen LogP contribution in [0.4, 0.5) is 23.3 Å². The molecule has 0 spiro atoms. The minimum atomic E-state index is 0.560. The van der Waals surface area contributed by atoms with E-state index in [9.17, 15) is 0 Å². The van der Waals surface area contributed by atoms with Crippen LogP contribution in [0.25, 0.3) is 0 Å². The molecule has 2 unspecified atom stereocenters. The van der Waals surface area contributed by atoms with Crippen LogP contribution in [0.1, 0.15) is 27.2 Å². The zero-order valence-corrected chi connectivity index (χ0v) is 20.2. The molecule has 0 radical (unpaired) electrons. The molecule has 0 aliphatic carbocycles. The first-order valence-corrected chi connectivity index (χ1v) is 12.2. The van der Waals surface area contributed by atoms with Crippen LogP contribution >= 0.6 is 12.2 Å². The molecule has 2 aliphatic rings. The summed E-state index contributed by atoms with van der Waals surface area (Å²) in [5.74, 6) is 3.84. The molecule has 32 heavy (non-hydrogen) atoms. The van der Waals surface area contributed by atoms with Crippen LogP contribution in [0, 0.1) is 11.8 Å². The Bertz CT molecular complexity index is 888. The molecule has 0 saturated carbocycles. The van der Waals surface area contributed by atoms with Crippen molar-refractivity contribution >= 4 is 40.6 Å². The zero-order valence-electron chi connectivity index (χ0n) is 19.4. The second kappa shape index (κ2) is 10.3. The van der Waals surface area contributed by atoms with Gasteiger partial charge in [0.25, 0.3) is 0 Å². The number of nitrogens with one attached hydrogen (secondary N) is 2. The number of para-hydroxylation sites is 1. The number of nitrogens with zero attached hydrogens (tertiary/aromatic N) is 5. The fourth-order valence-electron chi connectivity index (χ4n) is 4.79. The van der Waals surface area contributed by atoms with E-state index in [1.165, 1.54) is 12.1 Å². The lowest BCUT2D eigenvalue weighted by Crippen LogP contribution is -2.47. The lowest BCUT2D eigenvalue weighted by Gasteiger charge is -2.38. The van der Waals surface area contributed by atoms with Crippen LogP contribution in [-0.4, -0.2) is 60.9 Å². The number of piperazine rings is 1. The van der Waals surface area contributed by atoms with Gasteiger partial charge in [0.1, 0.15) is 11.6 Å². The summed E-state index contributed by atoms with van der Waals surface area (Å²) in [7, 11) is 0. The highest BCUT2D eigenvalue weighted by Gasteiger charge is 2.25. The quantitative estimate of drug-likeness (QED) is 0.666. The molecule has 3 heterocycles. The van der Waals surface area contributed by atoms with E-state index in [1.54, 1.807) is 0 Å². The van der Waals surface area contributed by atoms with Gasteiger partial charge in [-0.05, 0) is 49.5 Å². The van der Waals surface area contributed by atoms with Crippen molar-refractivity contribution in [1.29, 1.82) is 0 Å². The van der Waals surface area contributed by atoms with Crippen molar-refractivity contribution in [3.05, 3.63) is 36.4 Å². The number of thiocarbonyl (C=S) groups is 1.